The van der Waals surface area contributed by atoms with E-state index in [1.165, 1.54) is 5.56 Å². The molecule has 0 atom stereocenters. The van der Waals surface area contributed by atoms with Crippen LogP contribution in [-0.2, 0) is 13.1 Å². The third-order valence-electron chi connectivity index (χ3n) is 4.89. The van der Waals surface area contributed by atoms with E-state index in [9.17, 15) is 0 Å². The quantitative estimate of drug-likeness (QED) is 0.285. The molecule has 1 aliphatic heterocycles. The minimum atomic E-state index is 0. The lowest BCUT2D eigenvalue weighted by Gasteiger charge is -2.17. The molecule has 31 heavy (non-hydrogen) atoms. The van der Waals surface area contributed by atoms with Crippen LogP contribution in [0, 0.1) is 0 Å². The minimum Gasteiger partial charge on any atom is -0.454 e. The summed E-state index contributed by atoms with van der Waals surface area (Å²) in [6.45, 7) is 4.32. The fraction of sp³-hybridized carbons (Fsp3) is 0.304. The fourth-order valence-electron chi connectivity index (χ4n) is 3.34. The number of nitrogens with one attached hydrogen (secondary N) is 2. The van der Waals surface area contributed by atoms with Crippen LogP contribution in [0.15, 0.2) is 53.5 Å². The van der Waals surface area contributed by atoms with Crippen LogP contribution in [0.4, 0.5) is 5.82 Å². The maximum atomic E-state index is 5.46. The van der Waals surface area contributed by atoms with Crippen molar-refractivity contribution in [3.8, 4) is 11.5 Å². The van der Waals surface area contributed by atoms with Crippen molar-refractivity contribution in [1.82, 2.24) is 15.6 Å². The van der Waals surface area contributed by atoms with Crippen molar-refractivity contribution in [2.45, 2.75) is 20.0 Å². The molecule has 0 amide bonds. The van der Waals surface area contributed by atoms with Crippen LogP contribution in [0.3, 0.4) is 0 Å². The third kappa shape index (κ3) is 5.49. The third-order valence-corrected chi connectivity index (χ3v) is 4.89. The molecule has 2 aromatic carbocycles. The largest absolute Gasteiger partial charge is 0.454 e. The number of fused-ring (bicyclic) bond motifs is 2. The highest BCUT2D eigenvalue weighted by molar-refractivity contribution is 14.0. The molecule has 0 spiro atoms. The second-order valence-corrected chi connectivity index (χ2v) is 7.29. The van der Waals surface area contributed by atoms with Crippen LogP contribution in [0.5, 0.6) is 11.5 Å². The Labute approximate surface area is 199 Å². The molecule has 7 nitrogen and oxygen atoms in total. The van der Waals surface area contributed by atoms with Crippen molar-refractivity contribution in [1.29, 1.82) is 0 Å². The molecule has 2 heterocycles. The SMILES string of the molecule is CCNC(=NCc1ccc2c(c1)OCO2)NCc1cc(N(C)C)nc2ccccc12.I. The molecule has 164 valence electrons. The molecule has 0 saturated heterocycles. The number of para-hydroxylation sites is 1. The number of hydrogen-bond donors (Lipinski definition) is 2. The molecule has 2 N–H and O–H groups in total. The molecular formula is C23H28IN5O2. The number of anilines is 1. The number of hydrogen-bond acceptors (Lipinski definition) is 5. The molecule has 0 bridgehead atoms. The van der Waals surface area contributed by atoms with Crippen molar-refractivity contribution in [2.75, 3.05) is 32.3 Å². The summed E-state index contributed by atoms with van der Waals surface area (Å²) in [7, 11) is 4.01. The van der Waals surface area contributed by atoms with Crippen molar-refractivity contribution in [3.63, 3.8) is 0 Å². The second kappa shape index (κ2) is 10.5. The average molecular weight is 533 g/mol. The monoisotopic (exact) mass is 533 g/mol. The molecule has 0 aliphatic carbocycles. The summed E-state index contributed by atoms with van der Waals surface area (Å²) in [5.74, 6) is 3.27. The van der Waals surface area contributed by atoms with Gasteiger partial charge in [0.1, 0.15) is 5.82 Å². The van der Waals surface area contributed by atoms with E-state index < -0.39 is 0 Å². The van der Waals surface area contributed by atoms with Gasteiger partial charge in [0.05, 0.1) is 12.1 Å². The average Bonchev–Trinajstić information content (AvgIpc) is 3.23. The number of ether oxygens (including phenoxy) is 2. The minimum absolute atomic E-state index is 0. The van der Waals surface area contributed by atoms with Gasteiger partial charge in [0.25, 0.3) is 0 Å². The molecule has 4 rings (SSSR count). The highest BCUT2D eigenvalue weighted by Gasteiger charge is 2.13. The highest BCUT2D eigenvalue weighted by atomic mass is 127. The predicted octanol–water partition coefficient (Wildman–Crippen LogP) is 3.90. The van der Waals surface area contributed by atoms with E-state index in [0.717, 1.165) is 46.3 Å². The van der Waals surface area contributed by atoms with Gasteiger partial charge < -0.3 is 25.0 Å². The van der Waals surface area contributed by atoms with Gasteiger partial charge in [-0.2, -0.15) is 0 Å². The topological polar surface area (TPSA) is 71.0 Å². The first-order chi connectivity index (χ1) is 14.6. The van der Waals surface area contributed by atoms with Crippen LogP contribution in [0.1, 0.15) is 18.1 Å². The lowest BCUT2D eigenvalue weighted by molar-refractivity contribution is 0.174. The predicted molar refractivity (Wildman–Crippen MR) is 136 cm³/mol. The van der Waals surface area contributed by atoms with E-state index in [1.54, 1.807) is 0 Å². The molecular weight excluding hydrogens is 505 g/mol. The molecule has 0 unspecified atom stereocenters. The molecule has 0 radical (unpaired) electrons. The van der Waals surface area contributed by atoms with Gasteiger partial charge >= 0.3 is 0 Å². The second-order valence-electron chi connectivity index (χ2n) is 7.29. The Balaban J connectivity index is 0.00000272. The van der Waals surface area contributed by atoms with E-state index in [-0.39, 0.29) is 30.8 Å². The van der Waals surface area contributed by atoms with Crippen LogP contribution >= 0.6 is 24.0 Å². The Morgan fingerprint density at radius 2 is 1.87 bits per heavy atom. The zero-order chi connectivity index (χ0) is 20.9. The van der Waals surface area contributed by atoms with Gasteiger partial charge in [-0.1, -0.05) is 24.3 Å². The lowest BCUT2D eigenvalue weighted by atomic mass is 10.1. The number of aromatic nitrogens is 1. The van der Waals surface area contributed by atoms with Gasteiger partial charge in [0.15, 0.2) is 17.5 Å². The standard InChI is InChI=1S/C23H27N5O2.HI/c1-4-24-23(25-13-16-9-10-20-21(11-16)30-15-29-20)26-14-17-12-22(28(2)3)27-19-8-6-5-7-18(17)19;/h5-12H,4,13-15H2,1-3H3,(H2,24,25,26);1H. The molecule has 0 fully saturated rings. The van der Waals surface area contributed by atoms with Crippen LogP contribution < -0.4 is 25.0 Å². The van der Waals surface area contributed by atoms with Crippen LogP contribution in [0.2, 0.25) is 0 Å². The summed E-state index contributed by atoms with van der Waals surface area (Å²) in [5.41, 5.74) is 3.24. The summed E-state index contributed by atoms with van der Waals surface area (Å²) in [4.78, 5) is 11.5. The normalized spacial score (nSPS) is 12.4. The van der Waals surface area contributed by atoms with Crippen molar-refractivity contribution < 1.29 is 9.47 Å². The zero-order valence-corrected chi connectivity index (χ0v) is 20.3. The summed E-state index contributed by atoms with van der Waals surface area (Å²) in [6, 6.07) is 16.3. The highest BCUT2D eigenvalue weighted by Crippen LogP contribution is 2.32. The number of pyridine rings is 1. The summed E-state index contributed by atoms with van der Waals surface area (Å²) < 4.78 is 10.8. The van der Waals surface area contributed by atoms with Gasteiger partial charge in [-0.05, 0) is 42.3 Å². The Morgan fingerprint density at radius 3 is 2.68 bits per heavy atom. The Bertz CT molecular complexity index is 1070. The van der Waals surface area contributed by atoms with Gasteiger partial charge in [-0.3, -0.25) is 0 Å². The zero-order valence-electron chi connectivity index (χ0n) is 18.0. The van der Waals surface area contributed by atoms with E-state index in [2.05, 4.69) is 29.7 Å². The van der Waals surface area contributed by atoms with E-state index in [0.29, 0.717) is 13.1 Å². The van der Waals surface area contributed by atoms with Gasteiger partial charge in [0, 0.05) is 32.6 Å². The number of halogens is 1. The van der Waals surface area contributed by atoms with Crippen molar-refractivity contribution in [3.05, 3.63) is 59.7 Å². The first-order valence-electron chi connectivity index (χ1n) is 10.1. The van der Waals surface area contributed by atoms with E-state index >= 15 is 0 Å². The first kappa shape index (κ1) is 22.9. The molecule has 1 aliphatic rings. The molecule has 1 aromatic heterocycles. The maximum Gasteiger partial charge on any atom is 0.231 e. The lowest BCUT2D eigenvalue weighted by Crippen LogP contribution is -2.36. The number of nitrogens with zero attached hydrogens (tertiary/aromatic N) is 3. The first-order valence-corrected chi connectivity index (χ1v) is 10.1. The summed E-state index contributed by atoms with van der Waals surface area (Å²) in [6.07, 6.45) is 0. The van der Waals surface area contributed by atoms with Crippen LogP contribution in [0.25, 0.3) is 10.9 Å². The van der Waals surface area contributed by atoms with Crippen molar-refractivity contribution >= 4 is 46.7 Å². The molecule has 3 aromatic rings. The Morgan fingerprint density at radius 1 is 1.06 bits per heavy atom. The van der Waals surface area contributed by atoms with Crippen molar-refractivity contribution in [2.24, 2.45) is 4.99 Å². The maximum absolute atomic E-state index is 5.46. The van der Waals surface area contributed by atoms with Gasteiger partial charge in [-0.25, -0.2) is 9.98 Å². The van der Waals surface area contributed by atoms with E-state index in [4.69, 9.17) is 19.5 Å². The summed E-state index contributed by atoms with van der Waals surface area (Å²) >= 11 is 0. The van der Waals surface area contributed by atoms with Crippen LogP contribution in [-0.4, -0.2) is 38.4 Å². The van der Waals surface area contributed by atoms with Gasteiger partial charge in [-0.15, -0.1) is 24.0 Å². The summed E-state index contributed by atoms with van der Waals surface area (Å²) in [5, 5.41) is 7.91. The van der Waals surface area contributed by atoms with Gasteiger partial charge in [0.2, 0.25) is 6.79 Å². The van der Waals surface area contributed by atoms with E-state index in [1.807, 2.05) is 55.4 Å². The number of guanidine groups is 1. The smallest absolute Gasteiger partial charge is 0.231 e. The number of benzene rings is 2. The Hall–Kier alpha value is -2.75. The number of aliphatic imine (C=N–C) groups is 1. The fourth-order valence-corrected chi connectivity index (χ4v) is 3.34. The molecule has 0 saturated carbocycles. The molecule has 8 heteroatoms. The number of rotatable bonds is 6. The Kier molecular flexibility index (Phi) is 7.78.